The monoisotopic (exact) mass is 416 g/mol. The zero-order valence-corrected chi connectivity index (χ0v) is 17.0. The first-order chi connectivity index (χ1) is 14.6. The van der Waals surface area contributed by atoms with Gasteiger partial charge in [-0.05, 0) is 42.8 Å². The SMILES string of the molecule is CCOC(=O)COc1ccc(/C=N/NC(=O)COc2ccccc2OC)cc1OC. The molecule has 2 aromatic carbocycles. The molecule has 2 rings (SSSR count). The normalized spacial score (nSPS) is 10.4. The number of nitrogens with zero attached hydrogens (tertiary/aromatic N) is 1. The Morgan fingerprint density at radius 1 is 0.933 bits per heavy atom. The van der Waals surface area contributed by atoms with Gasteiger partial charge in [-0.25, -0.2) is 10.2 Å². The summed E-state index contributed by atoms with van der Waals surface area (Å²) in [5, 5.41) is 3.89. The fourth-order valence-electron chi connectivity index (χ4n) is 2.32. The number of methoxy groups -OCH3 is 2. The van der Waals surface area contributed by atoms with E-state index in [1.807, 2.05) is 0 Å². The van der Waals surface area contributed by atoms with E-state index in [0.717, 1.165) is 0 Å². The highest BCUT2D eigenvalue weighted by Crippen LogP contribution is 2.27. The van der Waals surface area contributed by atoms with Crippen molar-refractivity contribution < 1.29 is 33.3 Å². The summed E-state index contributed by atoms with van der Waals surface area (Å²) in [4.78, 5) is 23.3. The minimum Gasteiger partial charge on any atom is -0.493 e. The van der Waals surface area contributed by atoms with E-state index in [1.165, 1.54) is 20.4 Å². The van der Waals surface area contributed by atoms with Crippen LogP contribution in [0, 0.1) is 0 Å². The summed E-state index contributed by atoms with van der Waals surface area (Å²) in [7, 11) is 3.00. The summed E-state index contributed by atoms with van der Waals surface area (Å²) in [6.45, 7) is 1.56. The molecule has 9 nitrogen and oxygen atoms in total. The topological polar surface area (TPSA) is 105 Å². The molecule has 0 unspecified atom stereocenters. The van der Waals surface area contributed by atoms with Crippen molar-refractivity contribution in [2.24, 2.45) is 5.10 Å². The Morgan fingerprint density at radius 3 is 2.30 bits per heavy atom. The van der Waals surface area contributed by atoms with E-state index in [9.17, 15) is 9.59 Å². The molecule has 0 saturated heterocycles. The maximum absolute atomic E-state index is 11.9. The molecule has 1 N–H and O–H groups in total. The van der Waals surface area contributed by atoms with Crippen LogP contribution in [0.25, 0.3) is 0 Å². The molecule has 30 heavy (non-hydrogen) atoms. The van der Waals surface area contributed by atoms with E-state index < -0.39 is 11.9 Å². The minimum atomic E-state index is -0.469. The Bertz CT molecular complexity index is 883. The minimum absolute atomic E-state index is 0.221. The fraction of sp³-hybridized carbons (Fsp3) is 0.286. The van der Waals surface area contributed by atoms with Crippen LogP contribution in [0.2, 0.25) is 0 Å². The van der Waals surface area contributed by atoms with Crippen molar-refractivity contribution in [1.82, 2.24) is 5.43 Å². The first-order valence-electron chi connectivity index (χ1n) is 9.11. The number of hydrogen-bond donors (Lipinski definition) is 1. The van der Waals surface area contributed by atoms with Crippen LogP contribution in [0.15, 0.2) is 47.6 Å². The van der Waals surface area contributed by atoms with Gasteiger partial charge in [0.2, 0.25) is 0 Å². The fourth-order valence-corrected chi connectivity index (χ4v) is 2.32. The molecular formula is C21H24N2O7. The van der Waals surface area contributed by atoms with Crippen molar-refractivity contribution in [3.63, 3.8) is 0 Å². The lowest BCUT2D eigenvalue weighted by Gasteiger charge is -2.10. The molecule has 2 aromatic rings. The summed E-state index contributed by atoms with van der Waals surface area (Å²) in [5.74, 6) is 0.890. The summed E-state index contributed by atoms with van der Waals surface area (Å²) in [6, 6.07) is 12.0. The summed E-state index contributed by atoms with van der Waals surface area (Å²) in [6.07, 6.45) is 1.44. The van der Waals surface area contributed by atoms with Crippen molar-refractivity contribution >= 4 is 18.1 Å². The zero-order chi connectivity index (χ0) is 21.8. The van der Waals surface area contributed by atoms with Gasteiger partial charge in [-0.2, -0.15) is 5.10 Å². The molecule has 0 atom stereocenters. The highest BCUT2D eigenvalue weighted by Gasteiger charge is 2.09. The third-order valence-electron chi connectivity index (χ3n) is 3.67. The van der Waals surface area contributed by atoms with E-state index in [2.05, 4.69) is 10.5 Å². The van der Waals surface area contributed by atoms with Crippen molar-refractivity contribution in [1.29, 1.82) is 0 Å². The molecule has 0 aliphatic carbocycles. The zero-order valence-electron chi connectivity index (χ0n) is 17.0. The number of esters is 1. The van der Waals surface area contributed by atoms with Crippen molar-refractivity contribution in [2.45, 2.75) is 6.92 Å². The quantitative estimate of drug-likeness (QED) is 0.340. The van der Waals surface area contributed by atoms with Gasteiger partial charge in [0.05, 0.1) is 27.0 Å². The van der Waals surface area contributed by atoms with Gasteiger partial charge in [0.1, 0.15) is 0 Å². The molecule has 0 heterocycles. The van der Waals surface area contributed by atoms with E-state index in [1.54, 1.807) is 49.4 Å². The third kappa shape index (κ3) is 7.01. The van der Waals surface area contributed by atoms with E-state index in [0.29, 0.717) is 28.6 Å². The number of hydrazone groups is 1. The number of hydrogen-bond acceptors (Lipinski definition) is 8. The average molecular weight is 416 g/mol. The predicted octanol–water partition coefficient (Wildman–Crippen LogP) is 2.17. The largest absolute Gasteiger partial charge is 0.493 e. The second-order valence-corrected chi connectivity index (χ2v) is 5.74. The lowest BCUT2D eigenvalue weighted by Crippen LogP contribution is -2.24. The second kappa shape index (κ2) is 11.9. The molecular weight excluding hydrogens is 392 g/mol. The Labute approximate surface area is 174 Å². The summed E-state index contributed by atoms with van der Waals surface area (Å²) in [5.41, 5.74) is 3.03. The smallest absolute Gasteiger partial charge is 0.344 e. The molecule has 0 aliphatic heterocycles. The lowest BCUT2D eigenvalue weighted by molar-refractivity contribution is -0.145. The van der Waals surface area contributed by atoms with Crippen LogP contribution in [0.5, 0.6) is 23.0 Å². The first kappa shape index (κ1) is 22.5. The number of carbonyl (C=O) groups is 2. The number of amides is 1. The molecule has 0 aliphatic rings. The van der Waals surface area contributed by atoms with E-state index in [-0.39, 0.29) is 19.8 Å². The summed E-state index contributed by atoms with van der Waals surface area (Å²) >= 11 is 0. The third-order valence-corrected chi connectivity index (χ3v) is 3.67. The van der Waals surface area contributed by atoms with Gasteiger partial charge in [0.25, 0.3) is 5.91 Å². The number of para-hydroxylation sites is 2. The maximum atomic E-state index is 11.9. The van der Waals surface area contributed by atoms with Crippen LogP contribution in [0.4, 0.5) is 0 Å². The summed E-state index contributed by atoms with van der Waals surface area (Å²) < 4.78 is 26.0. The van der Waals surface area contributed by atoms with Crippen molar-refractivity contribution in [3.05, 3.63) is 48.0 Å². The highest BCUT2D eigenvalue weighted by molar-refractivity contribution is 5.83. The predicted molar refractivity (Wildman–Crippen MR) is 109 cm³/mol. The number of carbonyl (C=O) groups excluding carboxylic acids is 2. The molecule has 0 bridgehead atoms. The van der Waals surface area contributed by atoms with Crippen LogP contribution in [-0.2, 0) is 14.3 Å². The van der Waals surface area contributed by atoms with Gasteiger partial charge in [0, 0.05) is 0 Å². The van der Waals surface area contributed by atoms with E-state index in [4.69, 9.17) is 23.7 Å². The van der Waals surface area contributed by atoms with E-state index >= 15 is 0 Å². The van der Waals surface area contributed by atoms with Gasteiger partial charge in [-0.1, -0.05) is 12.1 Å². The first-order valence-corrected chi connectivity index (χ1v) is 9.11. The van der Waals surface area contributed by atoms with Gasteiger partial charge < -0.3 is 23.7 Å². The van der Waals surface area contributed by atoms with Crippen LogP contribution in [0.1, 0.15) is 12.5 Å². The van der Waals surface area contributed by atoms with Gasteiger partial charge >= 0.3 is 5.97 Å². The van der Waals surface area contributed by atoms with Gasteiger partial charge in [-0.3, -0.25) is 4.79 Å². The molecule has 0 aromatic heterocycles. The van der Waals surface area contributed by atoms with Crippen molar-refractivity contribution in [2.75, 3.05) is 34.0 Å². The Morgan fingerprint density at radius 2 is 1.60 bits per heavy atom. The van der Waals surface area contributed by atoms with Crippen LogP contribution < -0.4 is 24.4 Å². The highest BCUT2D eigenvalue weighted by atomic mass is 16.6. The molecule has 0 saturated carbocycles. The maximum Gasteiger partial charge on any atom is 0.344 e. The number of rotatable bonds is 11. The molecule has 0 radical (unpaired) electrons. The molecule has 0 spiro atoms. The van der Waals surface area contributed by atoms with Crippen LogP contribution in [-0.4, -0.2) is 52.1 Å². The van der Waals surface area contributed by atoms with Gasteiger partial charge in [0.15, 0.2) is 36.2 Å². The molecule has 9 heteroatoms. The molecule has 1 amide bonds. The number of ether oxygens (including phenoxy) is 5. The molecule has 160 valence electrons. The standard InChI is InChI=1S/C21H24N2O7/c1-4-28-21(25)14-30-18-10-9-15(11-19(18)27-3)12-22-23-20(24)13-29-17-8-6-5-7-16(17)26-2/h5-12H,4,13-14H2,1-3H3,(H,23,24)/b22-12+. The Balaban J connectivity index is 1.87. The average Bonchev–Trinajstić information content (AvgIpc) is 2.77. The lowest BCUT2D eigenvalue weighted by atomic mass is 10.2. The number of benzene rings is 2. The van der Waals surface area contributed by atoms with Gasteiger partial charge in [-0.15, -0.1) is 0 Å². The number of nitrogens with one attached hydrogen (secondary N) is 1. The van der Waals surface area contributed by atoms with Crippen molar-refractivity contribution in [3.8, 4) is 23.0 Å². The van der Waals surface area contributed by atoms with Crippen LogP contribution in [0.3, 0.4) is 0 Å². The second-order valence-electron chi connectivity index (χ2n) is 5.74. The molecule has 0 fully saturated rings. The Hall–Kier alpha value is -3.75. The Kier molecular flexibility index (Phi) is 8.98. The van der Waals surface area contributed by atoms with Crippen LogP contribution >= 0.6 is 0 Å².